The van der Waals surface area contributed by atoms with Crippen LogP contribution >= 0.6 is 0 Å². The third-order valence-corrected chi connectivity index (χ3v) is 7.87. The molecule has 2 aliphatic heterocycles. The van der Waals surface area contributed by atoms with Crippen LogP contribution in [0.2, 0.25) is 0 Å². The molecule has 0 saturated carbocycles. The number of fused-ring (bicyclic) bond motifs is 2. The Labute approximate surface area is 165 Å². The smallest absolute Gasteiger partial charge is 0.243 e. The summed E-state index contributed by atoms with van der Waals surface area (Å²) in [5.41, 5.74) is 1.38. The lowest BCUT2D eigenvalue weighted by molar-refractivity contribution is -0.124. The first-order valence-corrected chi connectivity index (χ1v) is 10.9. The summed E-state index contributed by atoms with van der Waals surface area (Å²) >= 11 is 0. The third-order valence-electron chi connectivity index (χ3n) is 5.95. The SMILES string of the molecule is CCN1C(=O)C2(CCN(S(=O)(=O)c3ccc(OC)cc3)CC2)c2ccccc21. The maximum atomic E-state index is 13.2. The quantitative estimate of drug-likeness (QED) is 0.792. The second-order valence-corrected chi connectivity index (χ2v) is 9.17. The van der Waals surface area contributed by atoms with Gasteiger partial charge in [-0.15, -0.1) is 0 Å². The fraction of sp³-hybridized carbons (Fsp3) is 0.381. The summed E-state index contributed by atoms with van der Waals surface area (Å²) in [6.07, 6.45) is 0.990. The second kappa shape index (κ2) is 6.90. The van der Waals surface area contributed by atoms with Crippen molar-refractivity contribution in [3.63, 3.8) is 0 Å². The van der Waals surface area contributed by atoms with Gasteiger partial charge in [0, 0.05) is 25.3 Å². The van der Waals surface area contributed by atoms with Gasteiger partial charge in [0.2, 0.25) is 15.9 Å². The van der Waals surface area contributed by atoms with Crippen molar-refractivity contribution in [1.82, 2.24) is 4.31 Å². The molecule has 2 aromatic carbocycles. The van der Waals surface area contributed by atoms with E-state index in [9.17, 15) is 13.2 Å². The molecule has 0 N–H and O–H groups in total. The Hall–Kier alpha value is -2.38. The summed E-state index contributed by atoms with van der Waals surface area (Å²) in [5.74, 6) is 0.710. The molecule has 2 heterocycles. The molecule has 0 aliphatic carbocycles. The topological polar surface area (TPSA) is 66.9 Å². The van der Waals surface area contributed by atoms with Gasteiger partial charge in [-0.25, -0.2) is 8.42 Å². The zero-order valence-corrected chi connectivity index (χ0v) is 16.9. The number of hydrogen-bond donors (Lipinski definition) is 0. The fourth-order valence-corrected chi connectivity index (χ4v) is 5.84. The van der Waals surface area contributed by atoms with Crippen molar-refractivity contribution in [2.75, 3.05) is 31.6 Å². The Morgan fingerprint density at radius 3 is 2.29 bits per heavy atom. The number of likely N-dealkylation sites (N-methyl/N-ethyl adjacent to an activating group) is 1. The molecule has 28 heavy (non-hydrogen) atoms. The number of nitrogens with zero attached hydrogens (tertiary/aromatic N) is 2. The molecule has 4 rings (SSSR count). The van der Waals surface area contributed by atoms with E-state index in [0.29, 0.717) is 38.2 Å². The molecular formula is C21H24N2O4S. The summed E-state index contributed by atoms with van der Waals surface area (Å²) in [6.45, 7) is 3.24. The van der Waals surface area contributed by atoms with Crippen LogP contribution in [0.5, 0.6) is 5.75 Å². The van der Waals surface area contributed by atoms with Crippen molar-refractivity contribution in [3.8, 4) is 5.75 Å². The van der Waals surface area contributed by atoms with E-state index in [1.165, 1.54) is 4.31 Å². The van der Waals surface area contributed by atoms with Crippen molar-refractivity contribution >= 4 is 21.6 Å². The van der Waals surface area contributed by atoms with E-state index in [2.05, 4.69) is 0 Å². The van der Waals surface area contributed by atoms with E-state index in [0.717, 1.165) is 11.3 Å². The number of piperidine rings is 1. The molecule has 2 aromatic rings. The molecule has 148 valence electrons. The van der Waals surface area contributed by atoms with Crippen LogP contribution in [0.4, 0.5) is 5.69 Å². The van der Waals surface area contributed by atoms with E-state index >= 15 is 0 Å². The number of carbonyl (C=O) groups excluding carboxylic acids is 1. The molecule has 2 aliphatic rings. The first kappa shape index (κ1) is 19.0. The Kier molecular flexibility index (Phi) is 4.67. The second-order valence-electron chi connectivity index (χ2n) is 7.23. The maximum absolute atomic E-state index is 13.2. The number of benzene rings is 2. The zero-order chi connectivity index (χ0) is 19.9. The molecule has 1 fully saturated rings. The maximum Gasteiger partial charge on any atom is 0.243 e. The number of carbonyl (C=O) groups is 1. The number of sulfonamides is 1. The van der Waals surface area contributed by atoms with Gasteiger partial charge in [-0.05, 0) is 55.7 Å². The van der Waals surface area contributed by atoms with Crippen molar-refractivity contribution in [3.05, 3.63) is 54.1 Å². The molecule has 0 aromatic heterocycles. The number of amides is 1. The van der Waals surface area contributed by atoms with Crippen molar-refractivity contribution in [2.45, 2.75) is 30.1 Å². The Bertz CT molecular complexity index is 993. The lowest BCUT2D eigenvalue weighted by Gasteiger charge is -2.37. The van der Waals surface area contributed by atoms with E-state index in [1.54, 1.807) is 31.4 Å². The summed E-state index contributed by atoms with van der Waals surface area (Å²) in [5, 5.41) is 0. The summed E-state index contributed by atoms with van der Waals surface area (Å²) in [4.78, 5) is 15.3. The first-order chi connectivity index (χ1) is 13.4. The number of methoxy groups -OCH3 is 1. The average Bonchev–Trinajstić information content (AvgIpc) is 2.96. The van der Waals surface area contributed by atoms with Crippen molar-refractivity contribution in [2.24, 2.45) is 0 Å². The summed E-state index contributed by atoms with van der Waals surface area (Å²) < 4.78 is 32.7. The van der Waals surface area contributed by atoms with Crippen LogP contribution in [-0.4, -0.2) is 45.4 Å². The van der Waals surface area contributed by atoms with E-state index in [4.69, 9.17) is 4.74 Å². The van der Waals surface area contributed by atoms with Gasteiger partial charge >= 0.3 is 0 Å². The van der Waals surface area contributed by atoms with Crippen molar-refractivity contribution in [1.29, 1.82) is 0 Å². The normalized spacial score (nSPS) is 19.1. The Balaban J connectivity index is 1.60. The molecule has 1 amide bonds. The highest BCUT2D eigenvalue weighted by atomic mass is 32.2. The number of hydrogen-bond acceptors (Lipinski definition) is 4. The average molecular weight is 401 g/mol. The van der Waals surface area contributed by atoms with Gasteiger partial charge in [-0.1, -0.05) is 18.2 Å². The van der Waals surface area contributed by atoms with Gasteiger partial charge in [0.15, 0.2) is 0 Å². The molecule has 1 saturated heterocycles. The first-order valence-electron chi connectivity index (χ1n) is 9.50. The van der Waals surface area contributed by atoms with E-state index < -0.39 is 15.4 Å². The molecule has 6 nitrogen and oxygen atoms in total. The monoisotopic (exact) mass is 400 g/mol. The van der Waals surface area contributed by atoms with Crippen LogP contribution in [0.3, 0.4) is 0 Å². The van der Waals surface area contributed by atoms with Crippen LogP contribution < -0.4 is 9.64 Å². The summed E-state index contributed by atoms with van der Waals surface area (Å²) in [7, 11) is -2.05. The predicted octanol–water partition coefficient (Wildman–Crippen LogP) is 2.78. The predicted molar refractivity (Wildman–Crippen MR) is 107 cm³/mol. The number of anilines is 1. The minimum absolute atomic E-state index is 0.0951. The van der Waals surface area contributed by atoms with E-state index in [-0.39, 0.29) is 10.8 Å². The standard InChI is InChI=1S/C21H24N2O4S/c1-3-23-19-7-5-4-6-18(19)21(20(23)24)12-14-22(15-13-21)28(25,26)17-10-8-16(27-2)9-11-17/h4-11H,3,12-15H2,1-2H3. The van der Waals surface area contributed by atoms with Gasteiger partial charge < -0.3 is 9.64 Å². The van der Waals surface area contributed by atoms with Crippen LogP contribution in [0.25, 0.3) is 0 Å². The molecule has 1 spiro atoms. The highest BCUT2D eigenvalue weighted by Crippen LogP contribution is 2.48. The minimum atomic E-state index is -3.59. The molecular weight excluding hydrogens is 376 g/mol. The molecule has 7 heteroatoms. The van der Waals surface area contributed by atoms with E-state index in [1.807, 2.05) is 36.1 Å². The molecule has 0 radical (unpaired) electrons. The van der Waals surface area contributed by atoms with Crippen molar-refractivity contribution < 1.29 is 17.9 Å². The zero-order valence-electron chi connectivity index (χ0n) is 16.1. The van der Waals surface area contributed by atoms with Crippen LogP contribution in [-0.2, 0) is 20.2 Å². The van der Waals surface area contributed by atoms with Gasteiger partial charge in [0.25, 0.3) is 0 Å². The molecule has 0 bridgehead atoms. The Morgan fingerprint density at radius 1 is 1.04 bits per heavy atom. The lowest BCUT2D eigenvalue weighted by atomic mass is 9.74. The largest absolute Gasteiger partial charge is 0.497 e. The highest BCUT2D eigenvalue weighted by Gasteiger charge is 2.52. The van der Waals surface area contributed by atoms with Crippen LogP contribution in [0, 0.1) is 0 Å². The number of rotatable bonds is 4. The third kappa shape index (κ3) is 2.72. The number of ether oxygens (including phenoxy) is 1. The highest BCUT2D eigenvalue weighted by molar-refractivity contribution is 7.89. The van der Waals surface area contributed by atoms with Gasteiger partial charge in [-0.3, -0.25) is 4.79 Å². The van der Waals surface area contributed by atoms with Crippen LogP contribution in [0.1, 0.15) is 25.3 Å². The van der Waals surface area contributed by atoms with Crippen LogP contribution in [0.15, 0.2) is 53.4 Å². The lowest BCUT2D eigenvalue weighted by Crippen LogP contribution is -2.50. The molecule has 0 atom stereocenters. The Morgan fingerprint density at radius 2 is 1.68 bits per heavy atom. The van der Waals surface area contributed by atoms with Gasteiger partial charge in [0.1, 0.15) is 5.75 Å². The molecule has 0 unspecified atom stereocenters. The summed E-state index contributed by atoms with van der Waals surface area (Å²) in [6, 6.07) is 14.3. The minimum Gasteiger partial charge on any atom is -0.497 e. The fourth-order valence-electron chi connectivity index (χ4n) is 4.40. The van der Waals surface area contributed by atoms with Gasteiger partial charge in [0.05, 0.1) is 17.4 Å². The number of para-hydroxylation sites is 1. The van der Waals surface area contributed by atoms with Gasteiger partial charge in [-0.2, -0.15) is 4.31 Å².